The molecule has 2 heterocycles. The predicted molar refractivity (Wildman–Crippen MR) is 101 cm³/mol. The van der Waals surface area contributed by atoms with Crippen molar-refractivity contribution in [2.75, 3.05) is 32.9 Å². The van der Waals surface area contributed by atoms with Crippen LogP contribution in [0, 0.1) is 12.8 Å². The molecule has 1 atom stereocenters. The van der Waals surface area contributed by atoms with Gasteiger partial charge < -0.3 is 19.7 Å². The van der Waals surface area contributed by atoms with Crippen molar-refractivity contribution in [3.63, 3.8) is 0 Å². The number of pyridine rings is 1. The summed E-state index contributed by atoms with van der Waals surface area (Å²) in [7, 11) is 0. The van der Waals surface area contributed by atoms with Gasteiger partial charge in [0.1, 0.15) is 5.75 Å². The van der Waals surface area contributed by atoms with Crippen molar-refractivity contribution in [2.45, 2.75) is 45.6 Å². The molecule has 2 amide bonds. The van der Waals surface area contributed by atoms with Crippen molar-refractivity contribution in [1.29, 1.82) is 0 Å². The number of carbonyl (C=O) groups excluding carboxylic acids is 2. The first kappa shape index (κ1) is 19.6. The number of aryl methyl sites for hydroxylation is 2. The summed E-state index contributed by atoms with van der Waals surface area (Å²) in [6.07, 6.45) is 3.40. The second kappa shape index (κ2) is 9.17. The van der Waals surface area contributed by atoms with Crippen LogP contribution < -0.4 is 10.1 Å². The third kappa shape index (κ3) is 5.66. The predicted octanol–water partition coefficient (Wildman–Crippen LogP) is 1.47. The maximum Gasteiger partial charge on any atom is 0.260 e. The van der Waals surface area contributed by atoms with Crippen LogP contribution in [-0.2, 0) is 20.7 Å². The van der Waals surface area contributed by atoms with Crippen molar-refractivity contribution < 1.29 is 19.1 Å². The van der Waals surface area contributed by atoms with Crippen LogP contribution in [0.2, 0.25) is 0 Å². The molecule has 3 rings (SSSR count). The summed E-state index contributed by atoms with van der Waals surface area (Å²) in [5, 5.41) is 2.96. The highest BCUT2D eigenvalue weighted by Gasteiger charge is 2.30. The van der Waals surface area contributed by atoms with E-state index in [0.29, 0.717) is 31.4 Å². The molecule has 0 spiro atoms. The number of rotatable bonds is 8. The Hall–Kier alpha value is -2.15. The molecule has 1 saturated carbocycles. The summed E-state index contributed by atoms with van der Waals surface area (Å²) in [6, 6.07) is 3.49. The summed E-state index contributed by atoms with van der Waals surface area (Å²) >= 11 is 0. The van der Waals surface area contributed by atoms with Gasteiger partial charge in [0.05, 0.1) is 24.9 Å². The maximum atomic E-state index is 12.7. The molecule has 7 nitrogen and oxygen atoms in total. The number of aromatic nitrogens is 1. The van der Waals surface area contributed by atoms with Gasteiger partial charge in [-0.15, -0.1) is 0 Å². The summed E-state index contributed by atoms with van der Waals surface area (Å²) in [4.78, 5) is 31.0. The first-order valence-corrected chi connectivity index (χ1v) is 9.80. The number of nitrogens with zero attached hydrogens (tertiary/aromatic N) is 2. The Morgan fingerprint density at radius 1 is 1.37 bits per heavy atom. The van der Waals surface area contributed by atoms with E-state index in [2.05, 4.69) is 10.3 Å². The second-order valence-electron chi connectivity index (χ2n) is 7.31. The Labute approximate surface area is 160 Å². The number of morpholine rings is 1. The van der Waals surface area contributed by atoms with E-state index in [0.717, 1.165) is 24.4 Å². The molecule has 1 aromatic heterocycles. The van der Waals surface area contributed by atoms with Gasteiger partial charge in [-0.25, -0.2) is 0 Å². The van der Waals surface area contributed by atoms with Crippen LogP contribution in [0.15, 0.2) is 12.1 Å². The monoisotopic (exact) mass is 375 g/mol. The minimum absolute atomic E-state index is 0.0212. The Morgan fingerprint density at radius 2 is 2.19 bits per heavy atom. The van der Waals surface area contributed by atoms with E-state index >= 15 is 0 Å². The molecule has 1 aromatic rings. The van der Waals surface area contributed by atoms with Gasteiger partial charge in [0.2, 0.25) is 5.91 Å². The molecule has 1 aliphatic carbocycles. The van der Waals surface area contributed by atoms with E-state index in [9.17, 15) is 9.59 Å². The molecular weight excluding hydrogens is 346 g/mol. The number of hydrogen-bond donors (Lipinski definition) is 1. The van der Waals surface area contributed by atoms with Crippen LogP contribution in [0.25, 0.3) is 0 Å². The molecule has 1 saturated heterocycles. The lowest BCUT2D eigenvalue weighted by molar-refractivity contribution is -0.143. The fourth-order valence-electron chi connectivity index (χ4n) is 3.22. The standard InChI is InChI=1S/C20H29N3O4/c1-3-17-18(7-4-14(2)22-17)27-13-20(25)23-8-9-26-12-16(23)10-19(24)21-11-15-5-6-15/h4,7,15-16H,3,5-6,8-13H2,1-2H3,(H,21,24)/t16-/m0/s1. The van der Waals surface area contributed by atoms with Crippen LogP contribution in [0.4, 0.5) is 0 Å². The zero-order valence-corrected chi connectivity index (χ0v) is 16.2. The second-order valence-corrected chi connectivity index (χ2v) is 7.31. The average Bonchev–Trinajstić information content (AvgIpc) is 3.50. The lowest BCUT2D eigenvalue weighted by Gasteiger charge is -2.35. The van der Waals surface area contributed by atoms with Gasteiger partial charge in [-0.05, 0) is 44.2 Å². The van der Waals surface area contributed by atoms with Gasteiger partial charge in [-0.1, -0.05) is 6.92 Å². The van der Waals surface area contributed by atoms with Crippen molar-refractivity contribution >= 4 is 11.8 Å². The molecule has 7 heteroatoms. The molecule has 0 bridgehead atoms. The molecule has 148 valence electrons. The van der Waals surface area contributed by atoms with Crippen LogP contribution in [-0.4, -0.2) is 60.7 Å². The topological polar surface area (TPSA) is 80.8 Å². The molecule has 1 aliphatic heterocycles. The fourth-order valence-corrected chi connectivity index (χ4v) is 3.22. The van der Waals surface area contributed by atoms with E-state index in [4.69, 9.17) is 9.47 Å². The highest BCUT2D eigenvalue weighted by molar-refractivity contribution is 5.81. The average molecular weight is 375 g/mol. The lowest BCUT2D eigenvalue weighted by Crippen LogP contribution is -2.52. The quantitative estimate of drug-likeness (QED) is 0.744. The normalized spacial score (nSPS) is 19.6. The van der Waals surface area contributed by atoms with E-state index in [1.165, 1.54) is 12.8 Å². The maximum absolute atomic E-state index is 12.7. The fraction of sp³-hybridized carbons (Fsp3) is 0.650. The van der Waals surface area contributed by atoms with Gasteiger partial charge in [0.25, 0.3) is 5.91 Å². The zero-order chi connectivity index (χ0) is 19.2. The van der Waals surface area contributed by atoms with Gasteiger partial charge in [0.15, 0.2) is 6.61 Å². The third-order valence-corrected chi connectivity index (χ3v) is 5.01. The van der Waals surface area contributed by atoms with Crippen molar-refractivity contribution in [3.8, 4) is 5.75 Å². The number of carbonyl (C=O) groups is 2. The van der Waals surface area contributed by atoms with Crippen LogP contribution >= 0.6 is 0 Å². The Bertz CT molecular complexity index is 675. The summed E-state index contributed by atoms with van der Waals surface area (Å²) < 4.78 is 11.2. The SMILES string of the molecule is CCc1nc(C)ccc1OCC(=O)N1CCOC[C@@H]1CC(=O)NCC1CC1. The highest BCUT2D eigenvalue weighted by Crippen LogP contribution is 2.27. The van der Waals surface area contributed by atoms with Crippen LogP contribution in [0.1, 0.15) is 37.6 Å². The largest absolute Gasteiger partial charge is 0.482 e. The smallest absolute Gasteiger partial charge is 0.260 e. The van der Waals surface area contributed by atoms with Gasteiger partial charge in [-0.3, -0.25) is 14.6 Å². The first-order chi connectivity index (χ1) is 13.1. The summed E-state index contributed by atoms with van der Waals surface area (Å²) in [6.45, 7) is 5.97. The summed E-state index contributed by atoms with van der Waals surface area (Å²) in [5.74, 6) is 1.13. The van der Waals surface area contributed by atoms with E-state index < -0.39 is 0 Å². The van der Waals surface area contributed by atoms with E-state index in [-0.39, 0.29) is 30.9 Å². The van der Waals surface area contributed by atoms with Gasteiger partial charge in [0, 0.05) is 25.2 Å². The Balaban J connectivity index is 1.53. The zero-order valence-electron chi connectivity index (χ0n) is 16.2. The lowest BCUT2D eigenvalue weighted by atomic mass is 10.1. The highest BCUT2D eigenvalue weighted by atomic mass is 16.5. The van der Waals surface area contributed by atoms with Gasteiger partial charge in [-0.2, -0.15) is 0 Å². The first-order valence-electron chi connectivity index (χ1n) is 9.80. The van der Waals surface area contributed by atoms with Crippen LogP contribution in [0.5, 0.6) is 5.75 Å². The number of amides is 2. The molecule has 1 N–H and O–H groups in total. The van der Waals surface area contributed by atoms with E-state index in [1.54, 1.807) is 4.90 Å². The number of hydrogen-bond acceptors (Lipinski definition) is 5. The van der Waals surface area contributed by atoms with Crippen LogP contribution in [0.3, 0.4) is 0 Å². The molecule has 2 aliphatic rings. The Kier molecular flexibility index (Phi) is 6.66. The number of ether oxygens (including phenoxy) is 2. The van der Waals surface area contributed by atoms with E-state index in [1.807, 2.05) is 26.0 Å². The van der Waals surface area contributed by atoms with Gasteiger partial charge >= 0.3 is 0 Å². The van der Waals surface area contributed by atoms with Crippen molar-refractivity contribution in [2.24, 2.45) is 5.92 Å². The molecule has 0 radical (unpaired) electrons. The molecule has 0 aromatic carbocycles. The minimum Gasteiger partial charge on any atom is -0.482 e. The minimum atomic E-state index is -0.240. The van der Waals surface area contributed by atoms with Crippen molar-refractivity contribution in [1.82, 2.24) is 15.2 Å². The third-order valence-electron chi connectivity index (χ3n) is 5.01. The molecular formula is C20H29N3O4. The molecule has 0 unspecified atom stereocenters. The Morgan fingerprint density at radius 3 is 2.93 bits per heavy atom. The molecule has 27 heavy (non-hydrogen) atoms. The number of nitrogens with one attached hydrogen (secondary N) is 1. The molecule has 2 fully saturated rings. The summed E-state index contributed by atoms with van der Waals surface area (Å²) in [5.41, 5.74) is 1.77. The van der Waals surface area contributed by atoms with Crippen molar-refractivity contribution in [3.05, 3.63) is 23.5 Å².